The SMILES string of the molecule is Cc1ccsc1-c1nnc(CC(=O)Nc2cc(Cl)cc(Cl)c2)o1. The lowest BCUT2D eigenvalue weighted by molar-refractivity contribution is -0.115. The molecule has 23 heavy (non-hydrogen) atoms. The van der Waals surface area contributed by atoms with Crippen LogP contribution in [-0.2, 0) is 11.2 Å². The molecule has 2 aromatic heterocycles. The number of amides is 1. The van der Waals surface area contributed by atoms with Crippen molar-refractivity contribution in [1.29, 1.82) is 0 Å². The topological polar surface area (TPSA) is 68.0 Å². The second kappa shape index (κ2) is 6.70. The van der Waals surface area contributed by atoms with E-state index in [0.29, 0.717) is 21.6 Å². The lowest BCUT2D eigenvalue weighted by Gasteiger charge is -2.04. The lowest BCUT2D eigenvalue weighted by atomic mass is 10.3. The number of aromatic nitrogens is 2. The van der Waals surface area contributed by atoms with Crippen molar-refractivity contribution in [2.45, 2.75) is 13.3 Å². The van der Waals surface area contributed by atoms with Crippen LogP contribution in [0.1, 0.15) is 11.5 Å². The first-order chi connectivity index (χ1) is 11.0. The Morgan fingerprint density at radius 2 is 2.00 bits per heavy atom. The predicted octanol–water partition coefficient (Wildman–Crippen LogP) is 4.59. The van der Waals surface area contributed by atoms with E-state index in [9.17, 15) is 4.79 Å². The monoisotopic (exact) mass is 367 g/mol. The number of carbonyl (C=O) groups excluding carboxylic acids is 1. The molecule has 0 spiro atoms. The summed E-state index contributed by atoms with van der Waals surface area (Å²) in [6.07, 6.45) is -0.0262. The fourth-order valence-electron chi connectivity index (χ4n) is 1.98. The normalized spacial score (nSPS) is 10.7. The van der Waals surface area contributed by atoms with Crippen LogP contribution in [0.5, 0.6) is 0 Å². The highest BCUT2D eigenvalue weighted by molar-refractivity contribution is 7.13. The van der Waals surface area contributed by atoms with Crippen LogP contribution in [-0.4, -0.2) is 16.1 Å². The van der Waals surface area contributed by atoms with Gasteiger partial charge in [-0.1, -0.05) is 23.2 Å². The maximum Gasteiger partial charge on any atom is 0.258 e. The number of thiophene rings is 1. The fourth-order valence-corrected chi connectivity index (χ4v) is 3.35. The molecule has 2 heterocycles. The Morgan fingerprint density at radius 3 is 2.65 bits per heavy atom. The van der Waals surface area contributed by atoms with Gasteiger partial charge in [0.2, 0.25) is 11.8 Å². The Kier molecular flexibility index (Phi) is 4.66. The molecule has 0 saturated heterocycles. The summed E-state index contributed by atoms with van der Waals surface area (Å²) in [6, 6.07) is 6.78. The van der Waals surface area contributed by atoms with Crippen molar-refractivity contribution in [1.82, 2.24) is 10.2 Å². The highest BCUT2D eigenvalue weighted by Crippen LogP contribution is 2.28. The van der Waals surface area contributed by atoms with Crippen LogP contribution in [0.2, 0.25) is 10.0 Å². The summed E-state index contributed by atoms with van der Waals surface area (Å²) >= 11 is 13.3. The molecule has 0 fully saturated rings. The summed E-state index contributed by atoms with van der Waals surface area (Å²) < 4.78 is 5.54. The highest BCUT2D eigenvalue weighted by atomic mass is 35.5. The molecule has 1 aromatic carbocycles. The smallest absolute Gasteiger partial charge is 0.258 e. The molecule has 0 bridgehead atoms. The van der Waals surface area contributed by atoms with Crippen molar-refractivity contribution in [2.75, 3.05) is 5.32 Å². The lowest BCUT2D eigenvalue weighted by Crippen LogP contribution is -2.14. The number of anilines is 1. The minimum atomic E-state index is -0.290. The van der Waals surface area contributed by atoms with E-state index in [0.717, 1.165) is 10.4 Å². The van der Waals surface area contributed by atoms with Gasteiger partial charge in [-0.2, -0.15) is 0 Å². The van der Waals surface area contributed by atoms with Crippen molar-refractivity contribution in [3.63, 3.8) is 0 Å². The fraction of sp³-hybridized carbons (Fsp3) is 0.133. The van der Waals surface area contributed by atoms with E-state index in [2.05, 4.69) is 15.5 Å². The third kappa shape index (κ3) is 3.90. The number of carbonyl (C=O) groups is 1. The summed E-state index contributed by atoms with van der Waals surface area (Å²) in [7, 11) is 0. The molecule has 3 rings (SSSR count). The summed E-state index contributed by atoms with van der Waals surface area (Å²) in [5.74, 6) is 0.381. The molecule has 0 atom stereocenters. The highest BCUT2D eigenvalue weighted by Gasteiger charge is 2.15. The van der Waals surface area contributed by atoms with Gasteiger partial charge in [-0.05, 0) is 42.1 Å². The number of nitrogens with one attached hydrogen (secondary N) is 1. The number of nitrogens with zero attached hydrogens (tertiary/aromatic N) is 2. The summed E-state index contributed by atoms with van der Waals surface area (Å²) in [4.78, 5) is 13.0. The van der Waals surface area contributed by atoms with Gasteiger partial charge in [-0.15, -0.1) is 21.5 Å². The largest absolute Gasteiger partial charge is 0.419 e. The molecule has 0 aliphatic carbocycles. The Balaban J connectivity index is 1.69. The van der Waals surface area contributed by atoms with Gasteiger partial charge >= 0.3 is 0 Å². The van der Waals surface area contributed by atoms with Gasteiger partial charge in [-0.25, -0.2) is 0 Å². The van der Waals surface area contributed by atoms with Gasteiger partial charge in [0.15, 0.2) is 0 Å². The van der Waals surface area contributed by atoms with Crippen molar-refractivity contribution in [3.05, 3.63) is 51.1 Å². The van der Waals surface area contributed by atoms with Crippen LogP contribution in [0, 0.1) is 6.92 Å². The van der Waals surface area contributed by atoms with Crippen LogP contribution in [0.3, 0.4) is 0 Å². The van der Waals surface area contributed by atoms with Gasteiger partial charge in [-0.3, -0.25) is 4.79 Å². The maximum absolute atomic E-state index is 12.0. The molecule has 1 amide bonds. The second-order valence-corrected chi connectivity index (χ2v) is 6.61. The average Bonchev–Trinajstić information content (AvgIpc) is 3.06. The summed E-state index contributed by atoms with van der Waals surface area (Å²) in [5, 5.41) is 13.4. The van der Waals surface area contributed by atoms with Gasteiger partial charge in [0.1, 0.15) is 6.42 Å². The van der Waals surface area contributed by atoms with E-state index < -0.39 is 0 Å². The summed E-state index contributed by atoms with van der Waals surface area (Å²) in [6.45, 7) is 1.96. The molecule has 0 aliphatic rings. The van der Waals surface area contributed by atoms with E-state index in [1.165, 1.54) is 11.3 Å². The van der Waals surface area contributed by atoms with Gasteiger partial charge in [0.25, 0.3) is 5.89 Å². The molecule has 8 heteroatoms. The third-order valence-electron chi connectivity index (χ3n) is 2.98. The first-order valence-electron chi connectivity index (χ1n) is 6.64. The zero-order valence-corrected chi connectivity index (χ0v) is 14.3. The number of benzene rings is 1. The Bertz CT molecular complexity index is 840. The molecule has 0 radical (unpaired) electrons. The number of rotatable bonds is 4. The van der Waals surface area contributed by atoms with Gasteiger partial charge in [0, 0.05) is 15.7 Å². The molecule has 118 valence electrons. The Morgan fingerprint density at radius 1 is 1.26 bits per heavy atom. The first kappa shape index (κ1) is 16.0. The average molecular weight is 368 g/mol. The Labute approximate surface area is 146 Å². The van der Waals surface area contributed by atoms with E-state index >= 15 is 0 Å². The molecular weight excluding hydrogens is 357 g/mol. The van der Waals surface area contributed by atoms with E-state index in [1.54, 1.807) is 18.2 Å². The van der Waals surface area contributed by atoms with Crippen LogP contribution in [0.4, 0.5) is 5.69 Å². The van der Waals surface area contributed by atoms with E-state index in [-0.39, 0.29) is 18.2 Å². The van der Waals surface area contributed by atoms with Crippen molar-refractivity contribution in [2.24, 2.45) is 0 Å². The number of hydrogen-bond donors (Lipinski definition) is 1. The van der Waals surface area contributed by atoms with Gasteiger partial charge in [0.05, 0.1) is 4.88 Å². The molecule has 3 aromatic rings. The van der Waals surface area contributed by atoms with E-state index in [1.807, 2.05) is 18.4 Å². The molecule has 0 saturated carbocycles. The maximum atomic E-state index is 12.0. The quantitative estimate of drug-likeness (QED) is 0.731. The first-order valence-corrected chi connectivity index (χ1v) is 8.27. The number of halogens is 2. The van der Waals surface area contributed by atoms with Crippen LogP contribution < -0.4 is 5.32 Å². The van der Waals surface area contributed by atoms with Crippen LogP contribution in [0.25, 0.3) is 10.8 Å². The molecule has 0 aliphatic heterocycles. The van der Waals surface area contributed by atoms with Crippen molar-refractivity contribution >= 4 is 46.1 Å². The number of aryl methyl sites for hydroxylation is 1. The van der Waals surface area contributed by atoms with Crippen molar-refractivity contribution in [3.8, 4) is 10.8 Å². The standard InChI is InChI=1S/C15H11Cl2N3O2S/c1-8-2-3-23-14(8)15-20-19-13(22-15)7-12(21)18-11-5-9(16)4-10(17)6-11/h2-6H,7H2,1H3,(H,18,21). The van der Waals surface area contributed by atoms with Crippen molar-refractivity contribution < 1.29 is 9.21 Å². The zero-order chi connectivity index (χ0) is 16.4. The second-order valence-electron chi connectivity index (χ2n) is 4.82. The minimum absolute atomic E-state index is 0.0262. The summed E-state index contributed by atoms with van der Waals surface area (Å²) in [5.41, 5.74) is 1.57. The molecule has 0 unspecified atom stereocenters. The van der Waals surface area contributed by atoms with Crippen LogP contribution in [0.15, 0.2) is 34.1 Å². The third-order valence-corrected chi connectivity index (χ3v) is 4.42. The number of hydrogen-bond acceptors (Lipinski definition) is 5. The van der Waals surface area contributed by atoms with Gasteiger partial charge < -0.3 is 9.73 Å². The predicted molar refractivity (Wildman–Crippen MR) is 91.1 cm³/mol. The Hall–Kier alpha value is -1.89. The van der Waals surface area contributed by atoms with Crippen LogP contribution >= 0.6 is 34.5 Å². The molecule has 5 nitrogen and oxygen atoms in total. The molecular formula is C15H11Cl2N3O2S. The zero-order valence-electron chi connectivity index (χ0n) is 12.0. The molecule has 1 N–H and O–H groups in total. The minimum Gasteiger partial charge on any atom is -0.419 e. The van der Waals surface area contributed by atoms with E-state index in [4.69, 9.17) is 27.6 Å².